The van der Waals surface area contributed by atoms with Crippen molar-refractivity contribution in [2.45, 2.75) is 97.8 Å². The van der Waals surface area contributed by atoms with Crippen LogP contribution >= 0.6 is 0 Å². The van der Waals surface area contributed by atoms with Crippen LogP contribution in [-0.4, -0.2) is 0 Å². The number of rotatable bonds is 11. The van der Waals surface area contributed by atoms with E-state index in [0.29, 0.717) is 0 Å². The van der Waals surface area contributed by atoms with Crippen LogP contribution in [0.2, 0.25) is 0 Å². The van der Waals surface area contributed by atoms with Crippen molar-refractivity contribution in [1.82, 2.24) is 0 Å². The summed E-state index contributed by atoms with van der Waals surface area (Å²) < 4.78 is 0. The molecule has 0 aromatic heterocycles. The third-order valence-corrected chi connectivity index (χ3v) is 7.20. The van der Waals surface area contributed by atoms with Crippen molar-refractivity contribution in [3.05, 3.63) is 0 Å². The molecule has 0 bridgehead atoms. The fourth-order valence-corrected chi connectivity index (χ4v) is 5.25. The fraction of sp³-hybridized carbons (Fsp3) is 1.00. The molecule has 3 unspecified atom stereocenters. The van der Waals surface area contributed by atoms with Gasteiger partial charge in [0.05, 0.1) is 0 Å². The predicted molar refractivity (Wildman–Crippen MR) is 92.3 cm³/mol. The molecule has 3 rings (SSSR count). The summed E-state index contributed by atoms with van der Waals surface area (Å²) in [6.07, 6.45) is 18.3. The summed E-state index contributed by atoms with van der Waals surface area (Å²) in [5, 5.41) is 0. The first kappa shape index (κ1) is 15.9. The van der Waals surface area contributed by atoms with Crippen molar-refractivity contribution in [3.8, 4) is 0 Å². The lowest BCUT2D eigenvalue weighted by atomic mass is 9.67. The van der Waals surface area contributed by atoms with Gasteiger partial charge < -0.3 is 0 Å². The van der Waals surface area contributed by atoms with Crippen molar-refractivity contribution < 1.29 is 0 Å². The molecule has 3 fully saturated rings. The van der Waals surface area contributed by atoms with Gasteiger partial charge in [-0.2, -0.15) is 0 Å². The van der Waals surface area contributed by atoms with E-state index in [1.54, 1.807) is 38.5 Å². The minimum absolute atomic E-state index is 0.751. The van der Waals surface area contributed by atoms with Gasteiger partial charge in [-0.25, -0.2) is 0 Å². The van der Waals surface area contributed by atoms with E-state index in [4.69, 9.17) is 0 Å². The van der Waals surface area contributed by atoms with Crippen LogP contribution in [0.1, 0.15) is 97.8 Å². The van der Waals surface area contributed by atoms with Gasteiger partial charge in [-0.15, -0.1) is 0 Å². The SMILES string of the molecule is CCCC(CCC(C)C1CC1)(CC(CC)C1CC1)C1CC1. The lowest BCUT2D eigenvalue weighted by Crippen LogP contribution is -2.28. The number of hydrogen-bond acceptors (Lipinski definition) is 0. The number of hydrogen-bond donors (Lipinski definition) is 0. The molecule has 21 heavy (non-hydrogen) atoms. The monoisotopic (exact) mass is 290 g/mol. The van der Waals surface area contributed by atoms with Gasteiger partial charge in [-0.1, -0.05) is 33.6 Å². The van der Waals surface area contributed by atoms with Crippen LogP contribution in [0.4, 0.5) is 0 Å². The summed E-state index contributed by atoms with van der Waals surface area (Å²) >= 11 is 0. The highest BCUT2D eigenvalue weighted by atomic mass is 14.5. The van der Waals surface area contributed by atoms with Crippen molar-refractivity contribution >= 4 is 0 Å². The van der Waals surface area contributed by atoms with Crippen LogP contribution in [0.25, 0.3) is 0 Å². The van der Waals surface area contributed by atoms with Crippen LogP contribution in [0, 0.1) is 35.0 Å². The van der Waals surface area contributed by atoms with Crippen LogP contribution < -0.4 is 0 Å². The van der Waals surface area contributed by atoms with Crippen LogP contribution in [0.15, 0.2) is 0 Å². The summed E-state index contributed by atoms with van der Waals surface area (Å²) in [6, 6.07) is 0. The molecule has 0 heterocycles. The lowest BCUT2D eigenvalue weighted by molar-refractivity contribution is 0.119. The maximum absolute atomic E-state index is 2.54. The quantitative estimate of drug-likeness (QED) is 0.391. The van der Waals surface area contributed by atoms with Crippen LogP contribution in [0.3, 0.4) is 0 Å². The summed E-state index contributed by atoms with van der Waals surface area (Å²) in [7, 11) is 0. The molecule has 122 valence electrons. The van der Waals surface area contributed by atoms with E-state index >= 15 is 0 Å². The van der Waals surface area contributed by atoms with Gasteiger partial charge in [0.25, 0.3) is 0 Å². The molecule has 0 spiro atoms. The standard InChI is InChI=1S/C21H38/c1-4-13-21(20-10-11-20,14-12-16(3)18-6-7-18)15-17(5-2)19-8-9-19/h16-20H,4-15H2,1-3H3. The Hall–Kier alpha value is 0. The zero-order valence-electron chi connectivity index (χ0n) is 14.9. The maximum Gasteiger partial charge on any atom is -0.0266 e. The zero-order chi connectivity index (χ0) is 14.9. The molecule has 3 atom stereocenters. The Morgan fingerprint density at radius 3 is 2.05 bits per heavy atom. The summed E-state index contributed by atoms with van der Waals surface area (Å²) in [5.41, 5.74) is 0.751. The van der Waals surface area contributed by atoms with Crippen molar-refractivity contribution in [1.29, 1.82) is 0 Å². The van der Waals surface area contributed by atoms with Crippen molar-refractivity contribution in [3.63, 3.8) is 0 Å². The molecule has 0 N–H and O–H groups in total. The molecule has 3 aliphatic carbocycles. The second kappa shape index (κ2) is 6.63. The first-order chi connectivity index (χ1) is 10.2. The van der Waals surface area contributed by atoms with E-state index in [0.717, 1.165) is 35.0 Å². The smallest absolute Gasteiger partial charge is 0.0266 e. The van der Waals surface area contributed by atoms with Gasteiger partial charge in [-0.3, -0.25) is 0 Å². The van der Waals surface area contributed by atoms with Crippen molar-refractivity contribution in [2.24, 2.45) is 35.0 Å². The van der Waals surface area contributed by atoms with Crippen LogP contribution in [-0.2, 0) is 0 Å². The lowest BCUT2D eigenvalue weighted by Gasteiger charge is -2.38. The highest BCUT2D eigenvalue weighted by Crippen LogP contribution is 2.58. The van der Waals surface area contributed by atoms with Gasteiger partial charge in [0, 0.05) is 0 Å². The minimum Gasteiger partial charge on any atom is -0.0654 e. The largest absolute Gasteiger partial charge is 0.0654 e. The van der Waals surface area contributed by atoms with Gasteiger partial charge in [0.2, 0.25) is 0 Å². The molecule has 0 nitrogen and oxygen atoms in total. The molecule has 0 heteroatoms. The topological polar surface area (TPSA) is 0 Å². The Morgan fingerprint density at radius 1 is 0.905 bits per heavy atom. The average Bonchev–Trinajstić information content (AvgIpc) is 3.30. The normalized spacial score (nSPS) is 28.1. The molecule has 0 radical (unpaired) electrons. The molecule has 0 amide bonds. The van der Waals surface area contributed by atoms with Gasteiger partial charge in [0.15, 0.2) is 0 Å². The molecule has 3 saturated carbocycles. The maximum atomic E-state index is 2.54. The zero-order valence-corrected chi connectivity index (χ0v) is 14.9. The van der Waals surface area contributed by atoms with Crippen LogP contribution in [0.5, 0.6) is 0 Å². The molecule has 0 saturated heterocycles. The summed E-state index contributed by atoms with van der Waals surface area (Å²) in [4.78, 5) is 0. The Kier molecular flexibility index (Phi) is 5.01. The Bertz CT molecular complexity index is 321. The Labute approximate surface area is 133 Å². The third-order valence-electron chi connectivity index (χ3n) is 7.20. The molecule has 3 aliphatic rings. The molecular weight excluding hydrogens is 252 g/mol. The minimum atomic E-state index is 0.751. The van der Waals surface area contributed by atoms with E-state index < -0.39 is 0 Å². The summed E-state index contributed by atoms with van der Waals surface area (Å²) in [5.74, 6) is 5.41. The molecule has 0 aromatic carbocycles. The second-order valence-corrected chi connectivity index (χ2v) is 8.95. The predicted octanol–water partition coefficient (Wildman–Crippen LogP) is 6.84. The first-order valence-corrected chi connectivity index (χ1v) is 10.2. The van der Waals surface area contributed by atoms with Crippen molar-refractivity contribution in [2.75, 3.05) is 0 Å². The Morgan fingerprint density at radius 2 is 1.57 bits per heavy atom. The second-order valence-electron chi connectivity index (χ2n) is 8.95. The molecule has 0 aromatic rings. The fourth-order valence-electron chi connectivity index (χ4n) is 5.25. The first-order valence-electron chi connectivity index (χ1n) is 10.2. The Balaban J connectivity index is 1.62. The average molecular weight is 291 g/mol. The van der Waals surface area contributed by atoms with Gasteiger partial charge >= 0.3 is 0 Å². The van der Waals surface area contributed by atoms with E-state index in [2.05, 4.69) is 20.8 Å². The highest BCUT2D eigenvalue weighted by molar-refractivity contribution is 4.97. The summed E-state index contributed by atoms with van der Waals surface area (Å²) in [6.45, 7) is 7.43. The van der Waals surface area contributed by atoms with E-state index in [1.807, 2.05) is 0 Å². The molecular formula is C21H38. The third kappa shape index (κ3) is 4.05. The van der Waals surface area contributed by atoms with E-state index in [-0.39, 0.29) is 0 Å². The molecule has 0 aliphatic heterocycles. The van der Waals surface area contributed by atoms with Gasteiger partial charge in [-0.05, 0) is 99.2 Å². The van der Waals surface area contributed by atoms with Gasteiger partial charge in [0.1, 0.15) is 0 Å². The van der Waals surface area contributed by atoms with E-state index in [1.165, 1.54) is 38.5 Å². The highest BCUT2D eigenvalue weighted by Gasteiger charge is 2.47. The van der Waals surface area contributed by atoms with E-state index in [9.17, 15) is 0 Å².